The highest BCUT2D eigenvalue weighted by Crippen LogP contribution is 2.31. The molecule has 0 bridgehead atoms. The molecule has 0 saturated carbocycles. The first-order chi connectivity index (χ1) is 16.6. The average molecular weight is 500 g/mol. The molecule has 3 heterocycles. The minimum atomic E-state index is -3.82. The maximum Gasteiger partial charge on any atom is 0.244 e. The SMILES string of the molecule is Cc1cc(C)c(S(=O)(=O)N2CCCC2C(=O)Nc2ccc(N3CCCC(C(N)=O)C3)nc2)c(C)c1. The average Bonchev–Trinajstić information content (AvgIpc) is 3.30. The van der Waals surface area contributed by atoms with Crippen LogP contribution in [0.2, 0.25) is 0 Å². The highest BCUT2D eigenvalue weighted by atomic mass is 32.2. The number of piperidine rings is 1. The molecule has 0 spiro atoms. The number of primary amides is 1. The summed E-state index contributed by atoms with van der Waals surface area (Å²) < 4.78 is 28.4. The van der Waals surface area contributed by atoms with Gasteiger partial charge in [0.05, 0.1) is 22.7 Å². The number of nitrogens with one attached hydrogen (secondary N) is 1. The Morgan fingerprint density at radius 3 is 2.37 bits per heavy atom. The minimum Gasteiger partial charge on any atom is -0.369 e. The zero-order valence-electron chi connectivity index (χ0n) is 20.5. The second kappa shape index (κ2) is 9.94. The molecule has 2 amide bonds. The van der Waals surface area contributed by atoms with Crippen LogP contribution in [0.3, 0.4) is 0 Å². The Hall–Kier alpha value is -2.98. The van der Waals surface area contributed by atoms with Crippen molar-refractivity contribution in [2.45, 2.75) is 57.4 Å². The third-order valence-corrected chi connectivity index (χ3v) is 9.06. The molecule has 2 aliphatic heterocycles. The van der Waals surface area contributed by atoms with Gasteiger partial charge in [-0.25, -0.2) is 13.4 Å². The van der Waals surface area contributed by atoms with Crippen molar-refractivity contribution >= 4 is 33.3 Å². The topological polar surface area (TPSA) is 126 Å². The van der Waals surface area contributed by atoms with Gasteiger partial charge in [-0.15, -0.1) is 0 Å². The zero-order chi connectivity index (χ0) is 25.3. The van der Waals surface area contributed by atoms with E-state index in [0.717, 1.165) is 24.9 Å². The lowest BCUT2D eigenvalue weighted by molar-refractivity contribution is -0.122. The number of hydrogen-bond acceptors (Lipinski definition) is 6. The highest BCUT2D eigenvalue weighted by Gasteiger charge is 2.40. The molecule has 2 aromatic rings. The van der Waals surface area contributed by atoms with Gasteiger partial charge in [-0.3, -0.25) is 9.59 Å². The Morgan fingerprint density at radius 2 is 1.74 bits per heavy atom. The van der Waals surface area contributed by atoms with Crippen LogP contribution in [0.5, 0.6) is 0 Å². The summed E-state index contributed by atoms with van der Waals surface area (Å²) >= 11 is 0. The van der Waals surface area contributed by atoms with Crippen LogP contribution in [0.4, 0.5) is 11.5 Å². The Bertz CT molecular complexity index is 1210. The van der Waals surface area contributed by atoms with Crippen molar-refractivity contribution in [1.82, 2.24) is 9.29 Å². The molecule has 9 nitrogen and oxygen atoms in total. The second-order valence-corrected chi connectivity index (χ2v) is 11.4. The number of benzene rings is 1. The standard InChI is InChI=1S/C25H33N5O4S/c1-16-12-17(2)23(18(3)13-16)35(33,34)30-11-5-7-21(30)25(32)28-20-8-9-22(27-14-20)29-10-4-6-19(15-29)24(26)31/h8-9,12-14,19,21H,4-7,10-11,15H2,1-3H3,(H2,26,31)(H,28,32). The number of carbonyl (C=O) groups excluding carboxylic acids is 2. The van der Waals surface area contributed by atoms with Crippen LogP contribution < -0.4 is 16.0 Å². The first kappa shape index (κ1) is 25.1. The van der Waals surface area contributed by atoms with Crippen LogP contribution in [0.15, 0.2) is 35.4 Å². The van der Waals surface area contributed by atoms with Crippen molar-refractivity contribution in [3.63, 3.8) is 0 Å². The van der Waals surface area contributed by atoms with Gasteiger partial charge < -0.3 is 16.0 Å². The van der Waals surface area contributed by atoms with Crippen LogP contribution in [-0.2, 0) is 19.6 Å². The summed E-state index contributed by atoms with van der Waals surface area (Å²) in [5, 5.41) is 2.83. The van der Waals surface area contributed by atoms with E-state index in [2.05, 4.69) is 10.3 Å². The molecule has 1 aromatic heterocycles. The van der Waals surface area contributed by atoms with Gasteiger partial charge >= 0.3 is 0 Å². The lowest BCUT2D eigenvalue weighted by Gasteiger charge is -2.32. The summed E-state index contributed by atoms with van der Waals surface area (Å²) in [5.41, 5.74) is 8.33. The van der Waals surface area contributed by atoms with Crippen molar-refractivity contribution < 1.29 is 18.0 Å². The molecular formula is C25H33N5O4S. The first-order valence-corrected chi connectivity index (χ1v) is 13.4. The van der Waals surface area contributed by atoms with E-state index < -0.39 is 16.1 Å². The number of aromatic nitrogens is 1. The summed E-state index contributed by atoms with van der Waals surface area (Å²) in [7, 11) is -3.82. The van der Waals surface area contributed by atoms with Gasteiger partial charge in [-0.1, -0.05) is 17.7 Å². The molecule has 0 radical (unpaired) electrons. The molecule has 0 aliphatic carbocycles. The van der Waals surface area contributed by atoms with Gasteiger partial charge in [-0.05, 0) is 69.7 Å². The van der Waals surface area contributed by atoms with Crippen molar-refractivity contribution in [3.8, 4) is 0 Å². The van der Waals surface area contributed by atoms with Crippen molar-refractivity contribution in [2.75, 3.05) is 29.9 Å². The minimum absolute atomic E-state index is 0.193. The molecule has 10 heteroatoms. The zero-order valence-corrected chi connectivity index (χ0v) is 21.3. The molecule has 2 aliphatic rings. The maximum absolute atomic E-state index is 13.5. The fourth-order valence-corrected chi connectivity index (χ4v) is 7.34. The van der Waals surface area contributed by atoms with Crippen molar-refractivity contribution in [1.29, 1.82) is 0 Å². The van der Waals surface area contributed by atoms with E-state index >= 15 is 0 Å². The predicted molar refractivity (Wildman–Crippen MR) is 135 cm³/mol. The van der Waals surface area contributed by atoms with Crippen molar-refractivity contribution in [3.05, 3.63) is 47.2 Å². The van der Waals surface area contributed by atoms with Crippen LogP contribution >= 0.6 is 0 Å². The molecular weight excluding hydrogens is 466 g/mol. The number of hydrogen-bond donors (Lipinski definition) is 2. The number of pyridine rings is 1. The van der Waals surface area contributed by atoms with E-state index in [1.54, 1.807) is 32.2 Å². The third kappa shape index (κ3) is 5.18. The van der Waals surface area contributed by atoms with Gasteiger partial charge in [0.2, 0.25) is 21.8 Å². The van der Waals surface area contributed by atoms with Gasteiger partial charge in [-0.2, -0.15) is 4.31 Å². The molecule has 2 fully saturated rings. The van der Waals surface area contributed by atoms with E-state index in [1.165, 1.54) is 4.31 Å². The van der Waals surface area contributed by atoms with Gasteiger partial charge in [0.15, 0.2) is 0 Å². The highest BCUT2D eigenvalue weighted by molar-refractivity contribution is 7.89. The molecule has 35 heavy (non-hydrogen) atoms. The number of carbonyl (C=O) groups is 2. The summed E-state index contributed by atoms with van der Waals surface area (Å²) in [6, 6.07) is 6.47. The molecule has 2 saturated heterocycles. The fraction of sp³-hybridized carbons (Fsp3) is 0.480. The van der Waals surface area contributed by atoms with Crippen molar-refractivity contribution in [2.24, 2.45) is 11.7 Å². The molecule has 2 unspecified atom stereocenters. The number of aryl methyl sites for hydroxylation is 3. The molecule has 1 aromatic carbocycles. The molecule has 3 N–H and O–H groups in total. The summed E-state index contributed by atoms with van der Waals surface area (Å²) in [4.78, 5) is 31.4. The van der Waals surface area contributed by atoms with E-state index in [-0.39, 0.29) is 22.6 Å². The Kier molecular flexibility index (Phi) is 7.14. The number of rotatable bonds is 6. The quantitative estimate of drug-likeness (QED) is 0.629. The lowest BCUT2D eigenvalue weighted by atomic mass is 9.97. The summed E-state index contributed by atoms with van der Waals surface area (Å²) in [6.07, 6.45) is 4.28. The largest absolute Gasteiger partial charge is 0.369 e. The van der Waals surface area contributed by atoms with Crippen LogP contribution in [0.1, 0.15) is 42.4 Å². The molecule has 188 valence electrons. The second-order valence-electron chi connectivity index (χ2n) is 9.58. The van der Waals surface area contributed by atoms with Crippen LogP contribution in [0, 0.1) is 26.7 Å². The summed E-state index contributed by atoms with van der Waals surface area (Å²) in [5.74, 6) is -0.147. The summed E-state index contributed by atoms with van der Waals surface area (Å²) in [6.45, 7) is 7.14. The van der Waals surface area contributed by atoms with E-state index in [1.807, 2.05) is 24.0 Å². The number of amides is 2. The maximum atomic E-state index is 13.5. The van der Waals surface area contributed by atoms with Gasteiger partial charge in [0, 0.05) is 19.6 Å². The smallest absolute Gasteiger partial charge is 0.244 e. The van der Waals surface area contributed by atoms with E-state index in [9.17, 15) is 18.0 Å². The first-order valence-electron chi connectivity index (χ1n) is 12.0. The van der Waals surface area contributed by atoms with Gasteiger partial charge in [0.1, 0.15) is 11.9 Å². The third-order valence-electron chi connectivity index (χ3n) is 6.84. The predicted octanol–water partition coefficient (Wildman–Crippen LogP) is 2.50. The van der Waals surface area contributed by atoms with Crippen LogP contribution in [-0.4, -0.2) is 55.2 Å². The van der Waals surface area contributed by atoms with Crippen LogP contribution in [0.25, 0.3) is 0 Å². The fourth-order valence-electron chi connectivity index (χ4n) is 5.27. The number of nitrogens with two attached hydrogens (primary N) is 1. The number of sulfonamides is 1. The molecule has 2 atom stereocenters. The number of nitrogens with zero attached hydrogens (tertiary/aromatic N) is 3. The normalized spacial score (nSPS) is 21.2. The monoisotopic (exact) mass is 499 g/mol. The van der Waals surface area contributed by atoms with E-state index in [0.29, 0.717) is 48.6 Å². The Balaban J connectivity index is 1.47. The lowest BCUT2D eigenvalue weighted by Crippen LogP contribution is -2.43. The Labute approximate surface area is 206 Å². The van der Waals surface area contributed by atoms with E-state index in [4.69, 9.17) is 5.73 Å². The Morgan fingerprint density at radius 1 is 1.06 bits per heavy atom. The molecule has 4 rings (SSSR count). The number of anilines is 2. The van der Waals surface area contributed by atoms with Gasteiger partial charge in [0.25, 0.3) is 0 Å².